The van der Waals surface area contributed by atoms with E-state index in [1.807, 2.05) is 0 Å². The van der Waals surface area contributed by atoms with Gasteiger partial charge in [0.05, 0.1) is 19.7 Å². The molecule has 1 atom stereocenters. The summed E-state index contributed by atoms with van der Waals surface area (Å²) in [5.74, 6) is -0.0681. The fourth-order valence-electron chi connectivity index (χ4n) is 3.77. The number of piperazine rings is 1. The van der Waals surface area contributed by atoms with Gasteiger partial charge in [-0.25, -0.2) is 4.79 Å². The van der Waals surface area contributed by atoms with Gasteiger partial charge in [-0.15, -0.1) is 0 Å². The summed E-state index contributed by atoms with van der Waals surface area (Å²) in [5, 5.41) is 8.98. The van der Waals surface area contributed by atoms with Crippen LogP contribution >= 0.6 is 0 Å². The lowest BCUT2D eigenvalue weighted by Crippen LogP contribution is -2.55. The predicted octanol–water partition coefficient (Wildman–Crippen LogP) is 0.0340. The molecule has 0 radical (unpaired) electrons. The molecule has 0 bridgehead atoms. The molecule has 1 aliphatic carbocycles. The molecule has 7 nitrogen and oxygen atoms in total. The van der Waals surface area contributed by atoms with E-state index in [2.05, 4.69) is 0 Å². The zero-order valence-corrected chi connectivity index (χ0v) is 12.7. The molecule has 2 saturated heterocycles. The molecule has 0 aromatic heterocycles. The van der Waals surface area contributed by atoms with E-state index >= 15 is 0 Å². The van der Waals surface area contributed by atoms with Crippen LogP contribution in [0, 0.1) is 5.92 Å². The van der Waals surface area contributed by atoms with Gasteiger partial charge in [0.25, 0.3) is 5.91 Å². The van der Waals surface area contributed by atoms with Crippen LogP contribution in [0.4, 0.5) is 4.79 Å². The van der Waals surface area contributed by atoms with E-state index in [0.717, 1.165) is 30.6 Å². The first-order valence-corrected chi connectivity index (χ1v) is 8.15. The van der Waals surface area contributed by atoms with E-state index in [-0.39, 0.29) is 36.9 Å². The Balaban J connectivity index is 1.66. The van der Waals surface area contributed by atoms with Crippen LogP contribution in [0.15, 0.2) is 0 Å². The van der Waals surface area contributed by atoms with Gasteiger partial charge >= 0.3 is 6.03 Å². The highest BCUT2D eigenvalue weighted by Crippen LogP contribution is 2.28. The number of amides is 4. The molecule has 122 valence electrons. The first kappa shape index (κ1) is 15.3. The predicted molar refractivity (Wildman–Crippen MR) is 77.8 cm³/mol. The molecule has 2 aliphatic heterocycles. The van der Waals surface area contributed by atoms with Crippen molar-refractivity contribution in [2.45, 2.75) is 38.1 Å². The topological polar surface area (TPSA) is 81.2 Å². The van der Waals surface area contributed by atoms with Crippen molar-refractivity contribution >= 4 is 17.8 Å². The van der Waals surface area contributed by atoms with Crippen molar-refractivity contribution in [3.63, 3.8) is 0 Å². The number of imide groups is 1. The van der Waals surface area contributed by atoms with Crippen LogP contribution in [0.2, 0.25) is 0 Å². The van der Waals surface area contributed by atoms with Crippen molar-refractivity contribution in [1.82, 2.24) is 14.7 Å². The molecule has 0 unspecified atom stereocenters. The van der Waals surface area contributed by atoms with Crippen molar-refractivity contribution in [1.29, 1.82) is 0 Å². The van der Waals surface area contributed by atoms with Gasteiger partial charge < -0.3 is 14.9 Å². The maximum atomic E-state index is 12.6. The minimum atomic E-state index is -0.569. The molecule has 3 aliphatic rings. The Kier molecular flexibility index (Phi) is 4.33. The third-order valence-corrected chi connectivity index (χ3v) is 5.00. The summed E-state index contributed by atoms with van der Waals surface area (Å²) in [6.45, 7) is 0.985. The van der Waals surface area contributed by atoms with Gasteiger partial charge in [0.15, 0.2) is 0 Å². The third-order valence-electron chi connectivity index (χ3n) is 5.00. The van der Waals surface area contributed by atoms with E-state index in [1.165, 1.54) is 11.3 Å². The van der Waals surface area contributed by atoms with E-state index in [0.29, 0.717) is 19.6 Å². The van der Waals surface area contributed by atoms with E-state index in [1.54, 1.807) is 4.90 Å². The van der Waals surface area contributed by atoms with Gasteiger partial charge in [0.2, 0.25) is 5.91 Å². The van der Waals surface area contributed by atoms with Gasteiger partial charge in [-0.3, -0.25) is 14.5 Å². The van der Waals surface area contributed by atoms with E-state index < -0.39 is 6.04 Å². The summed E-state index contributed by atoms with van der Waals surface area (Å²) in [5.41, 5.74) is 0. The Morgan fingerprint density at radius 3 is 2.55 bits per heavy atom. The molecule has 3 rings (SSSR count). The molecule has 3 fully saturated rings. The Morgan fingerprint density at radius 2 is 1.86 bits per heavy atom. The van der Waals surface area contributed by atoms with Gasteiger partial charge in [0.1, 0.15) is 6.04 Å². The first-order valence-electron chi connectivity index (χ1n) is 8.15. The highest BCUT2D eigenvalue weighted by Gasteiger charge is 2.48. The minimum absolute atomic E-state index is 0.0290. The lowest BCUT2D eigenvalue weighted by atomic mass is 9.88. The average Bonchev–Trinajstić information content (AvgIpc) is 2.80. The van der Waals surface area contributed by atoms with Crippen molar-refractivity contribution < 1.29 is 19.5 Å². The molecular weight excluding hydrogens is 286 g/mol. The molecule has 4 amide bonds. The second kappa shape index (κ2) is 6.24. The lowest BCUT2D eigenvalue weighted by molar-refractivity contribution is -0.140. The Morgan fingerprint density at radius 1 is 1.14 bits per heavy atom. The van der Waals surface area contributed by atoms with Gasteiger partial charge in [-0.1, -0.05) is 19.3 Å². The summed E-state index contributed by atoms with van der Waals surface area (Å²) in [6, 6.07) is -0.908. The maximum Gasteiger partial charge on any atom is 0.327 e. The number of carbonyl (C=O) groups is 3. The Bertz CT molecular complexity index is 475. The van der Waals surface area contributed by atoms with Crippen LogP contribution in [0.25, 0.3) is 0 Å². The molecule has 0 aromatic carbocycles. The fourth-order valence-corrected chi connectivity index (χ4v) is 3.77. The molecule has 22 heavy (non-hydrogen) atoms. The number of aliphatic hydroxyl groups is 1. The average molecular weight is 309 g/mol. The molecular formula is C15H23N3O4. The molecule has 2 heterocycles. The SMILES string of the molecule is O=C(C1CCCCC1)N1CCN2C(=O)N(CCO)C(=O)[C@H]2C1. The van der Waals surface area contributed by atoms with Crippen LogP contribution in [-0.4, -0.2) is 76.5 Å². The lowest BCUT2D eigenvalue weighted by Gasteiger charge is -2.37. The smallest absolute Gasteiger partial charge is 0.327 e. The molecule has 0 aromatic rings. The van der Waals surface area contributed by atoms with Crippen molar-refractivity contribution in [2.75, 3.05) is 32.8 Å². The molecule has 1 saturated carbocycles. The summed E-state index contributed by atoms with van der Waals surface area (Å²) in [4.78, 5) is 41.4. The summed E-state index contributed by atoms with van der Waals surface area (Å²) < 4.78 is 0. The monoisotopic (exact) mass is 309 g/mol. The number of urea groups is 1. The van der Waals surface area contributed by atoms with Crippen molar-refractivity contribution in [3.8, 4) is 0 Å². The zero-order valence-electron chi connectivity index (χ0n) is 12.7. The molecule has 7 heteroatoms. The third kappa shape index (κ3) is 2.58. The summed E-state index contributed by atoms with van der Waals surface area (Å²) >= 11 is 0. The van der Waals surface area contributed by atoms with Crippen LogP contribution in [0.3, 0.4) is 0 Å². The number of hydrogen-bond donors (Lipinski definition) is 1. The zero-order chi connectivity index (χ0) is 15.7. The van der Waals surface area contributed by atoms with Crippen LogP contribution in [0.5, 0.6) is 0 Å². The van der Waals surface area contributed by atoms with Crippen LogP contribution in [-0.2, 0) is 9.59 Å². The second-order valence-electron chi connectivity index (χ2n) is 6.32. The number of nitrogens with zero attached hydrogens (tertiary/aromatic N) is 3. The number of fused-ring (bicyclic) bond motifs is 1. The molecule has 1 N–H and O–H groups in total. The minimum Gasteiger partial charge on any atom is -0.395 e. The maximum absolute atomic E-state index is 12.6. The van der Waals surface area contributed by atoms with E-state index in [9.17, 15) is 14.4 Å². The summed E-state index contributed by atoms with van der Waals surface area (Å²) in [7, 11) is 0. The van der Waals surface area contributed by atoms with Crippen molar-refractivity contribution in [2.24, 2.45) is 5.92 Å². The van der Waals surface area contributed by atoms with Gasteiger partial charge in [-0.05, 0) is 12.8 Å². The first-order chi connectivity index (χ1) is 10.6. The highest BCUT2D eigenvalue weighted by molar-refractivity contribution is 6.04. The second-order valence-corrected chi connectivity index (χ2v) is 6.32. The van der Waals surface area contributed by atoms with Crippen LogP contribution in [0.1, 0.15) is 32.1 Å². The Labute approximate surface area is 129 Å². The number of carbonyl (C=O) groups excluding carboxylic acids is 3. The normalized spacial score (nSPS) is 26.6. The number of rotatable bonds is 3. The fraction of sp³-hybridized carbons (Fsp3) is 0.800. The van der Waals surface area contributed by atoms with Crippen LogP contribution < -0.4 is 0 Å². The van der Waals surface area contributed by atoms with Crippen molar-refractivity contribution in [3.05, 3.63) is 0 Å². The number of aliphatic hydroxyl groups excluding tert-OH is 1. The summed E-state index contributed by atoms with van der Waals surface area (Å²) in [6.07, 6.45) is 5.27. The standard InChI is InChI=1S/C15H23N3O4/c19-9-8-18-14(21)12-10-16(6-7-17(12)15(18)22)13(20)11-4-2-1-3-5-11/h11-12,19H,1-10H2/t12-/m1/s1. The quantitative estimate of drug-likeness (QED) is 0.746. The van der Waals surface area contributed by atoms with E-state index in [4.69, 9.17) is 5.11 Å². The number of hydrogen-bond acceptors (Lipinski definition) is 4. The highest BCUT2D eigenvalue weighted by atomic mass is 16.3. The van der Waals surface area contributed by atoms with Gasteiger partial charge in [0, 0.05) is 19.0 Å². The Hall–Kier alpha value is -1.63. The molecule has 0 spiro atoms. The number of β-amino-alcohol motifs (C(OH)–C–C–N with tert-alkyl or cyclic N) is 1. The largest absolute Gasteiger partial charge is 0.395 e. The van der Waals surface area contributed by atoms with Gasteiger partial charge in [-0.2, -0.15) is 0 Å².